The van der Waals surface area contributed by atoms with Crippen molar-refractivity contribution in [1.29, 1.82) is 0 Å². The topological polar surface area (TPSA) is 214 Å². The second-order valence-electron chi connectivity index (χ2n) is 21.6. The van der Waals surface area contributed by atoms with Gasteiger partial charge < -0.3 is 64.2 Å². The van der Waals surface area contributed by atoms with Crippen LogP contribution in [0.15, 0.2) is 12.2 Å². The smallest absolute Gasteiger partial charge is 0.302 e. The van der Waals surface area contributed by atoms with Gasteiger partial charge in [0, 0.05) is 29.1 Å². The minimum atomic E-state index is -1.76. The van der Waals surface area contributed by atoms with E-state index in [9.17, 15) is 40.5 Å². The molecule has 58 heavy (non-hydrogen) atoms. The third-order valence-corrected chi connectivity index (χ3v) is 18.2. The molecule has 330 valence electrons. The number of carbonyl (C=O) groups excluding carboxylic acids is 1. The summed E-state index contributed by atoms with van der Waals surface area (Å²) in [6.45, 7) is 16.8. The molecule has 0 amide bonds. The third-order valence-electron chi connectivity index (χ3n) is 18.2. The summed E-state index contributed by atoms with van der Waals surface area (Å²) in [7, 11) is 0. The summed E-state index contributed by atoms with van der Waals surface area (Å²) in [5.74, 6) is -0.223. The predicted octanol–water partition coefficient (Wildman–Crippen LogP) is 2.35. The first-order chi connectivity index (χ1) is 27.0. The van der Waals surface area contributed by atoms with Gasteiger partial charge in [0.1, 0.15) is 49.3 Å². The Morgan fingerprint density at radius 1 is 0.793 bits per heavy atom. The van der Waals surface area contributed by atoms with Crippen LogP contribution in [0.4, 0.5) is 0 Å². The monoisotopic (exact) mass is 822 g/mol. The highest BCUT2D eigenvalue weighted by molar-refractivity contribution is 5.65. The van der Waals surface area contributed by atoms with E-state index in [0.717, 1.165) is 38.5 Å². The lowest BCUT2D eigenvalue weighted by molar-refractivity contribution is -0.367. The van der Waals surface area contributed by atoms with Gasteiger partial charge in [-0.25, -0.2) is 0 Å². The van der Waals surface area contributed by atoms with Gasteiger partial charge in [0.2, 0.25) is 0 Å². The van der Waals surface area contributed by atoms with Gasteiger partial charge in [-0.1, -0.05) is 53.7 Å². The number of fused-ring (bicyclic) bond motifs is 4. The number of ether oxygens (including phenoxy) is 6. The second kappa shape index (κ2) is 14.4. The summed E-state index contributed by atoms with van der Waals surface area (Å²) in [5, 5.41) is 78.2. The Labute approximate surface area is 342 Å². The number of carbonyl (C=O) groups is 1. The minimum absolute atomic E-state index is 0.0264. The molecule has 0 aromatic carbocycles. The van der Waals surface area contributed by atoms with Crippen LogP contribution in [0.25, 0.3) is 0 Å². The van der Waals surface area contributed by atoms with Gasteiger partial charge in [0.05, 0.1) is 37.1 Å². The number of aliphatic hydroxyl groups is 7. The molecule has 3 heterocycles. The molecule has 14 nitrogen and oxygen atoms in total. The molecule has 14 heteroatoms. The van der Waals surface area contributed by atoms with E-state index in [2.05, 4.69) is 53.7 Å². The molecule has 21 atom stereocenters. The van der Waals surface area contributed by atoms with Crippen molar-refractivity contribution >= 4 is 5.97 Å². The molecular formula is C44H70O14. The molecule has 8 rings (SSSR count). The van der Waals surface area contributed by atoms with Gasteiger partial charge in [-0.05, 0) is 86.4 Å². The van der Waals surface area contributed by atoms with Crippen molar-refractivity contribution in [1.82, 2.24) is 0 Å². The first-order valence-corrected chi connectivity index (χ1v) is 21.8. The molecule has 0 aromatic rings. The average Bonchev–Trinajstić information content (AvgIpc) is 3.44. The standard InChI is InChI=1S/C44H70O14/c1-22-30(48)35(58-36-33(51)32(50)31(49)24(56-36)19-53-23(2)46)34(52)37(55-22)57-29-11-12-39(5)25(40(29,6)20-45)9-13-41(7)26(39)10-14-44-27-17-38(3,4)15-16-43(27,21-54-44)28(47)18-42(41,44)8/h10,14,22,24-37,45,47-52H,9,11-13,15-21H2,1-8H3/t22-,24-,25+,26-,27+,28+,29+,30+,31-,32+,33-,34-,35+,36+,37+,39+,40+,41-,42+,43-,44+/m1/s1. The normalized spacial score (nSPS) is 57.1. The van der Waals surface area contributed by atoms with Gasteiger partial charge in [0.25, 0.3) is 0 Å². The molecule has 0 aromatic heterocycles. The number of aliphatic hydroxyl groups excluding tert-OH is 7. The first kappa shape index (κ1) is 43.4. The lowest BCUT2D eigenvalue weighted by atomic mass is 9.32. The third kappa shape index (κ3) is 5.97. The highest BCUT2D eigenvalue weighted by atomic mass is 16.7. The van der Waals surface area contributed by atoms with E-state index in [0.29, 0.717) is 19.4 Å². The number of rotatable bonds is 7. The van der Waals surface area contributed by atoms with E-state index < -0.39 is 97.2 Å². The number of esters is 1. The largest absolute Gasteiger partial charge is 0.463 e. The molecule has 4 saturated carbocycles. The molecule has 7 N–H and O–H groups in total. The second-order valence-corrected chi connectivity index (χ2v) is 21.6. The number of hydrogen-bond donors (Lipinski definition) is 7. The number of allylic oxidation sites excluding steroid dienone is 1. The Morgan fingerprint density at radius 2 is 1.50 bits per heavy atom. The van der Waals surface area contributed by atoms with Crippen molar-refractivity contribution < 1.29 is 69.0 Å². The molecule has 7 fully saturated rings. The summed E-state index contributed by atoms with van der Waals surface area (Å²) < 4.78 is 36.5. The maximum atomic E-state index is 12.2. The quantitative estimate of drug-likeness (QED) is 0.112. The van der Waals surface area contributed by atoms with Crippen LogP contribution in [0.3, 0.4) is 0 Å². The molecule has 5 aliphatic carbocycles. The molecule has 0 radical (unpaired) electrons. The van der Waals surface area contributed by atoms with Crippen molar-refractivity contribution in [3.8, 4) is 0 Å². The van der Waals surface area contributed by atoms with Crippen LogP contribution in [0.1, 0.15) is 107 Å². The van der Waals surface area contributed by atoms with Gasteiger partial charge in [-0.15, -0.1) is 0 Å². The fourth-order valence-electron chi connectivity index (χ4n) is 14.5. The highest BCUT2D eigenvalue weighted by Crippen LogP contribution is 2.79. The van der Waals surface area contributed by atoms with Crippen LogP contribution in [0.5, 0.6) is 0 Å². The Balaban J connectivity index is 1.03. The Hall–Kier alpha value is -1.27. The molecule has 1 spiro atoms. The predicted molar refractivity (Wildman–Crippen MR) is 206 cm³/mol. The van der Waals surface area contributed by atoms with Crippen LogP contribution in [-0.2, 0) is 33.2 Å². The maximum absolute atomic E-state index is 12.2. The molecule has 0 unspecified atom stereocenters. The minimum Gasteiger partial charge on any atom is -0.463 e. The molecule has 3 aliphatic heterocycles. The van der Waals surface area contributed by atoms with E-state index in [4.69, 9.17) is 28.4 Å². The Kier molecular flexibility index (Phi) is 10.8. The molecule has 8 aliphatic rings. The summed E-state index contributed by atoms with van der Waals surface area (Å²) in [4.78, 5) is 11.4. The maximum Gasteiger partial charge on any atom is 0.302 e. The lowest BCUT2D eigenvalue weighted by Gasteiger charge is -2.73. The zero-order valence-electron chi connectivity index (χ0n) is 35.6. The lowest BCUT2D eigenvalue weighted by Crippen LogP contribution is -2.72. The van der Waals surface area contributed by atoms with Crippen LogP contribution in [0.2, 0.25) is 0 Å². The van der Waals surface area contributed by atoms with Crippen LogP contribution in [0, 0.1) is 50.2 Å². The van der Waals surface area contributed by atoms with Gasteiger partial charge >= 0.3 is 5.97 Å². The SMILES string of the molecule is CC(=O)OC[C@H]1O[C@@H](O[C@H]2[C@@H](O)[C@@H](C)O[C@@H](O[C@H]3CC[C@@]4(C)[C@H](CC[C@]5(C)[C@@H]4C=C[C@]46OC[C@@]7(CCC(C)(C)C[C@@H]74)[C@@H](O)C[C@]65C)[C@]3(C)CO)[C@@H]2O)[C@H](O)[C@@H](O)[C@@H]1O. The first-order valence-electron chi connectivity index (χ1n) is 21.8. The zero-order chi connectivity index (χ0) is 42.2. The molecule has 3 saturated heterocycles. The van der Waals surface area contributed by atoms with Crippen molar-refractivity contribution in [3.63, 3.8) is 0 Å². The summed E-state index contributed by atoms with van der Waals surface area (Å²) >= 11 is 0. The van der Waals surface area contributed by atoms with Crippen molar-refractivity contribution in [2.24, 2.45) is 50.2 Å². The Bertz CT molecular complexity index is 1610. The highest BCUT2D eigenvalue weighted by Gasteiger charge is 2.79. The molecule has 2 bridgehead atoms. The molecular weight excluding hydrogens is 752 g/mol. The summed E-state index contributed by atoms with van der Waals surface area (Å²) in [6.07, 6.45) is -3.78. The summed E-state index contributed by atoms with van der Waals surface area (Å²) in [5.41, 5.74) is -1.98. The summed E-state index contributed by atoms with van der Waals surface area (Å²) in [6, 6.07) is 0. The van der Waals surface area contributed by atoms with E-state index in [-0.39, 0.29) is 51.4 Å². The van der Waals surface area contributed by atoms with Crippen molar-refractivity contribution in [2.45, 2.75) is 186 Å². The van der Waals surface area contributed by atoms with E-state index in [1.54, 1.807) is 6.92 Å². The van der Waals surface area contributed by atoms with E-state index in [1.165, 1.54) is 6.92 Å². The zero-order valence-corrected chi connectivity index (χ0v) is 35.6. The van der Waals surface area contributed by atoms with E-state index >= 15 is 0 Å². The van der Waals surface area contributed by atoms with Gasteiger partial charge in [-0.2, -0.15) is 0 Å². The Morgan fingerprint density at radius 3 is 2.19 bits per heavy atom. The van der Waals surface area contributed by atoms with E-state index in [1.807, 2.05) is 0 Å². The van der Waals surface area contributed by atoms with Crippen molar-refractivity contribution in [2.75, 3.05) is 19.8 Å². The van der Waals surface area contributed by atoms with Crippen molar-refractivity contribution in [3.05, 3.63) is 12.2 Å². The van der Waals surface area contributed by atoms with Crippen LogP contribution in [-0.4, -0.2) is 141 Å². The fraction of sp³-hybridized carbons (Fsp3) is 0.932. The van der Waals surface area contributed by atoms with Gasteiger partial charge in [-0.3, -0.25) is 4.79 Å². The van der Waals surface area contributed by atoms with Crippen LogP contribution < -0.4 is 0 Å². The fourth-order valence-corrected chi connectivity index (χ4v) is 14.5. The average molecular weight is 823 g/mol. The number of hydrogen-bond acceptors (Lipinski definition) is 14. The van der Waals surface area contributed by atoms with Gasteiger partial charge in [0.15, 0.2) is 12.6 Å². The van der Waals surface area contributed by atoms with Crippen LogP contribution >= 0.6 is 0 Å².